The van der Waals surface area contributed by atoms with Crippen molar-refractivity contribution < 1.29 is 18.8 Å². The Kier molecular flexibility index (Phi) is 5.44. The van der Waals surface area contributed by atoms with Crippen LogP contribution in [0.1, 0.15) is 34.9 Å². The van der Waals surface area contributed by atoms with E-state index in [0.717, 1.165) is 22.6 Å². The zero-order valence-electron chi connectivity index (χ0n) is 17.6. The molecule has 2 heterocycles. The molecule has 30 heavy (non-hydrogen) atoms. The number of hydrogen-bond donors (Lipinski definition) is 0. The maximum atomic E-state index is 12.6. The van der Waals surface area contributed by atoms with Gasteiger partial charge in [-0.2, -0.15) is 4.98 Å². The molecule has 1 unspecified atom stereocenters. The number of aromatic nitrogens is 2. The Morgan fingerprint density at radius 3 is 2.67 bits per heavy atom. The molecule has 1 amide bonds. The Bertz CT molecular complexity index is 1080. The van der Waals surface area contributed by atoms with Gasteiger partial charge in [-0.3, -0.25) is 4.79 Å². The summed E-state index contributed by atoms with van der Waals surface area (Å²) < 4.78 is 16.2. The number of rotatable bonds is 6. The van der Waals surface area contributed by atoms with Crippen molar-refractivity contribution in [3.05, 3.63) is 58.9 Å². The van der Waals surface area contributed by atoms with E-state index in [1.54, 1.807) is 19.1 Å². The van der Waals surface area contributed by atoms with Gasteiger partial charge in [-0.15, -0.1) is 0 Å². The summed E-state index contributed by atoms with van der Waals surface area (Å²) in [5.41, 5.74) is 4.17. The number of hydrogen-bond acceptors (Lipinski definition) is 6. The van der Waals surface area contributed by atoms with Gasteiger partial charge in [0.05, 0.1) is 14.2 Å². The van der Waals surface area contributed by atoms with E-state index in [9.17, 15) is 4.79 Å². The highest BCUT2D eigenvalue weighted by molar-refractivity contribution is 5.79. The van der Waals surface area contributed by atoms with Gasteiger partial charge in [0.2, 0.25) is 5.91 Å². The first-order valence-electron chi connectivity index (χ1n) is 9.88. The van der Waals surface area contributed by atoms with E-state index >= 15 is 0 Å². The molecule has 0 spiro atoms. The highest BCUT2D eigenvalue weighted by Gasteiger charge is 2.34. The minimum absolute atomic E-state index is 0.0578. The second kappa shape index (κ2) is 8.18. The molecule has 7 heteroatoms. The third kappa shape index (κ3) is 3.87. The van der Waals surface area contributed by atoms with E-state index < -0.39 is 0 Å². The molecule has 1 aliphatic rings. The summed E-state index contributed by atoms with van der Waals surface area (Å²) in [6, 6.07) is 11.6. The number of likely N-dealkylation sites (tertiary alicyclic amines) is 1. The highest BCUT2D eigenvalue weighted by Crippen LogP contribution is 2.32. The van der Waals surface area contributed by atoms with Gasteiger partial charge in [0, 0.05) is 36.6 Å². The van der Waals surface area contributed by atoms with Crippen LogP contribution in [0.15, 0.2) is 40.9 Å². The fraction of sp³-hybridized carbons (Fsp3) is 0.348. The number of ether oxygens (including phenoxy) is 2. The third-order valence-corrected chi connectivity index (χ3v) is 5.62. The lowest BCUT2D eigenvalue weighted by atomic mass is 10.1. The smallest absolute Gasteiger partial charge is 0.257 e. The van der Waals surface area contributed by atoms with Crippen LogP contribution in [0.4, 0.5) is 0 Å². The monoisotopic (exact) mass is 407 g/mol. The number of nitrogens with zero attached hydrogens (tertiary/aromatic N) is 3. The maximum absolute atomic E-state index is 12.6. The Morgan fingerprint density at radius 1 is 1.10 bits per heavy atom. The fourth-order valence-electron chi connectivity index (χ4n) is 3.70. The second-order valence-corrected chi connectivity index (χ2v) is 7.61. The van der Waals surface area contributed by atoms with Gasteiger partial charge in [0.25, 0.3) is 5.89 Å². The van der Waals surface area contributed by atoms with Gasteiger partial charge in [-0.25, -0.2) is 0 Å². The van der Waals surface area contributed by atoms with E-state index in [-0.39, 0.29) is 11.8 Å². The molecule has 7 nitrogen and oxygen atoms in total. The van der Waals surface area contributed by atoms with Gasteiger partial charge < -0.3 is 18.9 Å². The van der Waals surface area contributed by atoms with Crippen molar-refractivity contribution in [2.75, 3.05) is 20.8 Å². The molecule has 0 aliphatic carbocycles. The molecule has 1 fully saturated rings. The van der Waals surface area contributed by atoms with Crippen LogP contribution in [0.5, 0.6) is 11.5 Å². The average Bonchev–Trinajstić information content (AvgIpc) is 3.37. The standard InChI is InChI=1S/C23H25N3O4/c1-14-5-6-16(9-15(14)2)23-24-22(25-30-23)18-11-21(27)26(13-18)12-17-10-19(28-3)7-8-20(17)29-4/h5-10,18H,11-13H2,1-4H3. The predicted molar refractivity (Wildman–Crippen MR) is 112 cm³/mol. The van der Waals surface area contributed by atoms with Crippen molar-refractivity contribution in [1.29, 1.82) is 0 Å². The Balaban J connectivity index is 1.50. The van der Waals surface area contributed by atoms with Gasteiger partial charge in [-0.1, -0.05) is 11.2 Å². The lowest BCUT2D eigenvalue weighted by Gasteiger charge is -2.18. The van der Waals surface area contributed by atoms with Crippen LogP contribution in [-0.4, -0.2) is 41.7 Å². The SMILES string of the molecule is COc1ccc(OC)c(CN2CC(c3noc(-c4ccc(C)c(C)c4)n3)CC2=O)c1. The molecule has 0 saturated carbocycles. The lowest BCUT2D eigenvalue weighted by molar-refractivity contribution is -0.128. The molecule has 0 N–H and O–H groups in total. The van der Waals surface area contributed by atoms with Crippen LogP contribution in [-0.2, 0) is 11.3 Å². The first-order chi connectivity index (χ1) is 14.5. The van der Waals surface area contributed by atoms with Crippen molar-refractivity contribution in [2.24, 2.45) is 0 Å². The van der Waals surface area contributed by atoms with Crippen LogP contribution in [0.25, 0.3) is 11.5 Å². The average molecular weight is 407 g/mol. The first-order valence-corrected chi connectivity index (χ1v) is 9.88. The molecule has 1 aliphatic heterocycles. The number of carbonyl (C=O) groups is 1. The second-order valence-electron chi connectivity index (χ2n) is 7.61. The number of carbonyl (C=O) groups excluding carboxylic acids is 1. The van der Waals surface area contributed by atoms with Crippen molar-refractivity contribution >= 4 is 5.91 Å². The van der Waals surface area contributed by atoms with Gasteiger partial charge >= 0.3 is 0 Å². The normalized spacial score (nSPS) is 16.2. The van der Waals surface area contributed by atoms with E-state index in [2.05, 4.69) is 24.0 Å². The molecule has 2 aromatic carbocycles. The Hall–Kier alpha value is -3.35. The molecule has 3 aromatic rings. The number of benzene rings is 2. The Morgan fingerprint density at radius 2 is 1.93 bits per heavy atom. The molecule has 1 atom stereocenters. The van der Waals surface area contributed by atoms with Crippen molar-refractivity contribution in [3.8, 4) is 23.0 Å². The number of amides is 1. The van der Waals surface area contributed by atoms with E-state index in [0.29, 0.717) is 31.2 Å². The zero-order chi connectivity index (χ0) is 21.3. The summed E-state index contributed by atoms with van der Waals surface area (Å²) >= 11 is 0. The molecule has 1 saturated heterocycles. The van der Waals surface area contributed by atoms with E-state index in [4.69, 9.17) is 14.0 Å². The molecule has 156 valence electrons. The van der Waals surface area contributed by atoms with Gasteiger partial charge in [0.15, 0.2) is 5.82 Å². The lowest BCUT2D eigenvalue weighted by Crippen LogP contribution is -2.24. The maximum Gasteiger partial charge on any atom is 0.257 e. The number of methoxy groups -OCH3 is 2. The summed E-state index contributed by atoms with van der Waals surface area (Å²) in [5.74, 6) is 2.46. The topological polar surface area (TPSA) is 77.7 Å². The molecule has 1 aromatic heterocycles. The summed E-state index contributed by atoms with van der Waals surface area (Å²) in [5, 5.41) is 4.15. The van der Waals surface area contributed by atoms with Crippen LogP contribution in [0.2, 0.25) is 0 Å². The van der Waals surface area contributed by atoms with Crippen molar-refractivity contribution in [2.45, 2.75) is 32.7 Å². The highest BCUT2D eigenvalue weighted by atomic mass is 16.5. The largest absolute Gasteiger partial charge is 0.497 e. The Labute approximate surface area is 175 Å². The molecule has 4 rings (SSSR count). The quantitative estimate of drug-likeness (QED) is 0.617. The minimum Gasteiger partial charge on any atom is -0.497 e. The fourth-order valence-corrected chi connectivity index (χ4v) is 3.70. The predicted octanol–water partition coefficient (Wildman–Crippen LogP) is 3.89. The van der Waals surface area contributed by atoms with Gasteiger partial charge in [0.1, 0.15) is 11.5 Å². The van der Waals surface area contributed by atoms with Crippen molar-refractivity contribution in [3.63, 3.8) is 0 Å². The zero-order valence-corrected chi connectivity index (χ0v) is 17.6. The van der Waals surface area contributed by atoms with Crippen LogP contribution in [0, 0.1) is 13.8 Å². The molecular formula is C23H25N3O4. The molecule has 0 bridgehead atoms. The minimum atomic E-state index is -0.0989. The van der Waals surface area contributed by atoms with Crippen LogP contribution < -0.4 is 9.47 Å². The number of aryl methyl sites for hydroxylation is 2. The summed E-state index contributed by atoms with van der Waals surface area (Å²) in [6.45, 7) is 5.09. The molecule has 0 radical (unpaired) electrons. The van der Waals surface area contributed by atoms with E-state index in [1.807, 2.05) is 36.4 Å². The van der Waals surface area contributed by atoms with Gasteiger partial charge in [-0.05, 0) is 55.3 Å². The third-order valence-electron chi connectivity index (χ3n) is 5.62. The summed E-state index contributed by atoms with van der Waals surface area (Å²) in [4.78, 5) is 19.0. The van der Waals surface area contributed by atoms with Crippen molar-refractivity contribution in [1.82, 2.24) is 15.0 Å². The van der Waals surface area contributed by atoms with Crippen LogP contribution in [0.3, 0.4) is 0 Å². The van der Waals surface area contributed by atoms with Crippen LogP contribution >= 0.6 is 0 Å². The first kappa shape index (κ1) is 19.9. The van der Waals surface area contributed by atoms with E-state index in [1.165, 1.54) is 11.1 Å². The molecular weight excluding hydrogens is 382 g/mol. The summed E-state index contributed by atoms with van der Waals surface area (Å²) in [7, 11) is 3.24. The summed E-state index contributed by atoms with van der Waals surface area (Å²) in [6.07, 6.45) is 0.359.